The van der Waals surface area contributed by atoms with E-state index in [0.29, 0.717) is 28.8 Å². The van der Waals surface area contributed by atoms with Crippen LogP contribution in [-0.4, -0.2) is 61.4 Å². The molecule has 7 heteroatoms. The van der Waals surface area contributed by atoms with Gasteiger partial charge in [-0.3, -0.25) is 9.59 Å². The lowest BCUT2D eigenvalue weighted by molar-refractivity contribution is -0.132. The average molecular weight is 344 g/mol. The molecular formula is C15H19Cl2N3O2. The molecule has 0 radical (unpaired) electrons. The number of hydrogen-bond acceptors (Lipinski definition) is 3. The van der Waals surface area contributed by atoms with Crippen LogP contribution < -0.4 is 4.90 Å². The largest absolute Gasteiger partial charge is 0.339 e. The first-order chi connectivity index (χ1) is 10.4. The van der Waals surface area contributed by atoms with Crippen LogP contribution in [0.1, 0.15) is 6.92 Å². The molecule has 0 spiro atoms. The second-order valence-corrected chi connectivity index (χ2v) is 6.23. The minimum Gasteiger partial charge on any atom is -0.339 e. The van der Waals surface area contributed by atoms with Gasteiger partial charge in [0.2, 0.25) is 11.8 Å². The zero-order chi connectivity index (χ0) is 16.3. The van der Waals surface area contributed by atoms with Gasteiger partial charge in [-0.25, -0.2) is 0 Å². The lowest BCUT2D eigenvalue weighted by Gasteiger charge is -2.34. The molecular weight excluding hydrogens is 325 g/mol. The lowest BCUT2D eigenvalue weighted by atomic mass is 10.2. The number of rotatable bonds is 3. The van der Waals surface area contributed by atoms with Crippen molar-refractivity contribution in [3.63, 3.8) is 0 Å². The Kier molecular flexibility index (Phi) is 5.67. The van der Waals surface area contributed by atoms with Crippen molar-refractivity contribution in [2.75, 3.05) is 44.7 Å². The third-order valence-corrected chi connectivity index (χ3v) is 4.27. The molecule has 1 fully saturated rings. The van der Waals surface area contributed by atoms with E-state index < -0.39 is 0 Å². The van der Waals surface area contributed by atoms with Crippen LogP contribution in [0.3, 0.4) is 0 Å². The van der Waals surface area contributed by atoms with Crippen molar-refractivity contribution in [2.24, 2.45) is 0 Å². The Balaban J connectivity index is 2.12. The second-order valence-electron chi connectivity index (χ2n) is 5.38. The molecule has 1 saturated heterocycles. The molecule has 2 rings (SSSR count). The molecule has 1 aliphatic rings. The van der Waals surface area contributed by atoms with E-state index in [0.717, 1.165) is 13.1 Å². The molecule has 0 unspecified atom stereocenters. The third kappa shape index (κ3) is 4.12. The quantitative estimate of drug-likeness (QED) is 0.844. The summed E-state index contributed by atoms with van der Waals surface area (Å²) in [5.41, 5.74) is 0.501. The number of anilines is 1. The van der Waals surface area contributed by atoms with Crippen molar-refractivity contribution in [1.82, 2.24) is 9.80 Å². The lowest BCUT2D eigenvalue weighted by Crippen LogP contribution is -2.50. The van der Waals surface area contributed by atoms with E-state index in [2.05, 4.69) is 4.90 Å². The number of carbonyl (C=O) groups is 2. The van der Waals surface area contributed by atoms with Gasteiger partial charge in [0.05, 0.1) is 10.7 Å². The molecule has 2 amide bonds. The van der Waals surface area contributed by atoms with Crippen molar-refractivity contribution in [2.45, 2.75) is 6.92 Å². The fourth-order valence-corrected chi connectivity index (χ4v) is 2.87. The highest BCUT2D eigenvalue weighted by Gasteiger charge is 2.24. The number of amides is 2. The zero-order valence-electron chi connectivity index (χ0n) is 12.7. The minimum absolute atomic E-state index is 0.0135. The number of halogens is 2. The van der Waals surface area contributed by atoms with E-state index >= 15 is 0 Å². The van der Waals surface area contributed by atoms with Gasteiger partial charge in [0.25, 0.3) is 0 Å². The maximum atomic E-state index is 12.4. The first-order valence-electron chi connectivity index (χ1n) is 7.08. The zero-order valence-corrected chi connectivity index (χ0v) is 14.2. The van der Waals surface area contributed by atoms with Crippen molar-refractivity contribution in [3.05, 3.63) is 28.2 Å². The Hall–Kier alpha value is -1.30. The van der Waals surface area contributed by atoms with Gasteiger partial charge in [0.15, 0.2) is 0 Å². The number of hydrogen-bond donors (Lipinski definition) is 0. The molecule has 1 aromatic rings. The van der Waals surface area contributed by atoms with Crippen molar-refractivity contribution < 1.29 is 9.59 Å². The monoisotopic (exact) mass is 343 g/mol. The summed E-state index contributed by atoms with van der Waals surface area (Å²) in [5, 5.41) is 0.844. The Bertz CT molecular complexity index is 572. The van der Waals surface area contributed by atoms with Gasteiger partial charge in [-0.2, -0.15) is 0 Å². The van der Waals surface area contributed by atoms with E-state index in [1.165, 1.54) is 11.8 Å². The summed E-state index contributed by atoms with van der Waals surface area (Å²) >= 11 is 12.0. The first kappa shape index (κ1) is 17.1. The molecule has 0 aliphatic carbocycles. The predicted molar refractivity (Wildman–Crippen MR) is 88.6 cm³/mol. The normalized spacial score (nSPS) is 15.7. The summed E-state index contributed by atoms with van der Waals surface area (Å²) in [4.78, 5) is 29.7. The smallest absolute Gasteiger partial charge is 0.242 e. The molecule has 22 heavy (non-hydrogen) atoms. The van der Waals surface area contributed by atoms with Crippen LogP contribution in [0.4, 0.5) is 5.69 Å². The van der Waals surface area contributed by atoms with Crippen LogP contribution in [0.25, 0.3) is 0 Å². The molecule has 120 valence electrons. The van der Waals surface area contributed by atoms with Crippen LogP contribution in [0.15, 0.2) is 18.2 Å². The van der Waals surface area contributed by atoms with Gasteiger partial charge in [-0.05, 0) is 25.2 Å². The maximum absolute atomic E-state index is 12.4. The van der Waals surface area contributed by atoms with Crippen LogP contribution >= 0.6 is 23.2 Å². The molecule has 0 atom stereocenters. The fraction of sp³-hybridized carbons (Fsp3) is 0.467. The highest BCUT2D eigenvalue weighted by atomic mass is 35.5. The molecule has 0 bridgehead atoms. The predicted octanol–water partition coefficient (Wildman–Crippen LogP) is 2.12. The van der Waals surface area contributed by atoms with Crippen LogP contribution in [0, 0.1) is 0 Å². The number of likely N-dealkylation sites (N-methyl/N-ethyl adjacent to an activating group) is 1. The third-order valence-electron chi connectivity index (χ3n) is 3.73. The Morgan fingerprint density at radius 2 is 1.82 bits per heavy atom. The molecule has 5 nitrogen and oxygen atoms in total. The Labute approximate surface area is 140 Å². The fourth-order valence-electron chi connectivity index (χ4n) is 2.36. The topological polar surface area (TPSA) is 43.9 Å². The molecule has 1 heterocycles. The van der Waals surface area contributed by atoms with Crippen LogP contribution in [0.2, 0.25) is 10.0 Å². The SMILES string of the molecule is CC(=O)N(CC(=O)N1CCN(C)CC1)c1ccc(Cl)cc1Cl. The second kappa shape index (κ2) is 7.31. The Morgan fingerprint density at radius 1 is 1.18 bits per heavy atom. The van der Waals surface area contributed by atoms with Crippen molar-refractivity contribution in [3.8, 4) is 0 Å². The highest BCUT2D eigenvalue weighted by Crippen LogP contribution is 2.29. The summed E-state index contributed by atoms with van der Waals surface area (Å²) in [6.45, 7) is 4.44. The van der Waals surface area contributed by atoms with Crippen LogP contribution in [-0.2, 0) is 9.59 Å². The van der Waals surface area contributed by atoms with E-state index in [4.69, 9.17) is 23.2 Å². The van der Waals surface area contributed by atoms with E-state index in [1.54, 1.807) is 23.1 Å². The van der Waals surface area contributed by atoms with E-state index in [9.17, 15) is 9.59 Å². The molecule has 0 aromatic heterocycles. The van der Waals surface area contributed by atoms with E-state index in [-0.39, 0.29) is 18.4 Å². The van der Waals surface area contributed by atoms with Gasteiger partial charge in [-0.15, -0.1) is 0 Å². The molecule has 0 N–H and O–H groups in total. The summed E-state index contributed by atoms with van der Waals surface area (Å²) < 4.78 is 0. The molecule has 1 aliphatic heterocycles. The summed E-state index contributed by atoms with van der Waals surface area (Å²) in [6.07, 6.45) is 0. The van der Waals surface area contributed by atoms with Gasteiger partial charge in [-0.1, -0.05) is 23.2 Å². The highest BCUT2D eigenvalue weighted by molar-refractivity contribution is 6.36. The van der Waals surface area contributed by atoms with Gasteiger partial charge in [0, 0.05) is 38.1 Å². The average Bonchev–Trinajstić information content (AvgIpc) is 2.45. The van der Waals surface area contributed by atoms with E-state index in [1.807, 2.05) is 7.05 Å². The summed E-state index contributed by atoms with van der Waals surface area (Å²) in [6, 6.07) is 4.87. The summed E-state index contributed by atoms with van der Waals surface area (Å²) in [7, 11) is 2.02. The molecule has 1 aromatic carbocycles. The summed E-state index contributed by atoms with van der Waals surface area (Å²) in [5.74, 6) is -0.305. The van der Waals surface area contributed by atoms with Gasteiger partial charge >= 0.3 is 0 Å². The van der Waals surface area contributed by atoms with Crippen LogP contribution in [0.5, 0.6) is 0 Å². The van der Waals surface area contributed by atoms with Crippen molar-refractivity contribution >= 4 is 40.7 Å². The Morgan fingerprint density at radius 3 is 2.36 bits per heavy atom. The van der Waals surface area contributed by atoms with Gasteiger partial charge < -0.3 is 14.7 Å². The minimum atomic E-state index is -0.230. The number of piperazine rings is 1. The van der Waals surface area contributed by atoms with Gasteiger partial charge in [0.1, 0.15) is 6.54 Å². The standard InChI is InChI=1S/C15H19Cl2N3O2/c1-11(21)20(14-4-3-12(16)9-13(14)17)10-15(22)19-7-5-18(2)6-8-19/h3-4,9H,5-8,10H2,1-2H3. The maximum Gasteiger partial charge on any atom is 0.242 e. The number of carbonyl (C=O) groups excluding carboxylic acids is 2. The molecule has 0 saturated carbocycles. The number of benzene rings is 1. The van der Waals surface area contributed by atoms with Crippen molar-refractivity contribution in [1.29, 1.82) is 0 Å². The first-order valence-corrected chi connectivity index (χ1v) is 7.83. The number of nitrogens with zero attached hydrogens (tertiary/aromatic N) is 3.